The predicted octanol–water partition coefficient (Wildman–Crippen LogP) is 1.25. The van der Waals surface area contributed by atoms with Crippen molar-refractivity contribution in [2.45, 2.75) is 6.54 Å². The van der Waals surface area contributed by atoms with E-state index < -0.39 is 5.97 Å². The fraction of sp³-hybridized carbons (Fsp3) is 0.0909. The number of aromatic carboxylic acids is 1. The Labute approximate surface area is 110 Å². The van der Waals surface area contributed by atoms with Crippen LogP contribution >= 0.6 is 11.3 Å². The minimum atomic E-state index is -1.03. The van der Waals surface area contributed by atoms with Crippen molar-refractivity contribution in [2.24, 2.45) is 0 Å². The summed E-state index contributed by atoms with van der Waals surface area (Å²) in [6.45, 7) is 0.346. The van der Waals surface area contributed by atoms with E-state index in [9.17, 15) is 9.90 Å². The Morgan fingerprint density at radius 3 is 3.16 bits per heavy atom. The van der Waals surface area contributed by atoms with Gasteiger partial charge in [0.2, 0.25) is 0 Å². The summed E-state index contributed by atoms with van der Waals surface area (Å²) in [5.41, 5.74) is 1.56. The quantitative estimate of drug-likeness (QED) is 0.564. The van der Waals surface area contributed by atoms with Gasteiger partial charge in [0.15, 0.2) is 11.5 Å². The Hall–Kier alpha value is -2.48. The molecule has 0 radical (unpaired) electrons. The first kappa shape index (κ1) is 10.4. The van der Waals surface area contributed by atoms with Crippen LogP contribution in [0.3, 0.4) is 0 Å². The minimum Gasteiger partial charge on any atom is -0.476 e. The van der Waals surface area contributed by atoms with Gasteiger partial charge in [-0.25, -0.2) is 19.4 Å². The number of rotatable bonds is 1. The maximum Gasteiger partial charge on any atom is 0.356 e. The van der Waals surface area contributed by atoms with E-state index in [1.165, 1.54) is 12.7 Å². The van der Waals surface area contributed by atoms with Crippen LogP contribution in [0.2, 0.25) is 0 Å². The van der Waals surface area contributed by atoms with Crippen LogP contribution in [-0.4, -0.2) is 35.4 Å². The van der Waals surface area contributed by atoms with Gasteiger partial charge in [0.1, 0.15) is 12.7 Å². The summed E-state index contributed by atoms with van der Waals surface area (Å²) in [5, 5.41) is 15.3. The number of fused-ring (bicyclic) bond motifs is 5. The minimum absolute atomic E-state index is 0.0560. The number of hydrogen-bond donors (Lipinski definition) is 1. The van der Waals surface area contributed by atoms with Crippen LogP contribution in [0, 0.1) is 0 Å². The van der Waals surface area contributed by atoms with Crippen molar-refractivity contribution in [3.8, 4) is 16.4 Å². The molecular formula is C11H7N5O2S. The summed E-state index contributed by atoms with van der Waals surface area (Å²) >= 11 is 1.55. The molecule has 94 valence electrons. The number of carboxylic acid groups (broad SMARTS) is 1. The standard InChI is InChI=1S/C11H7N5O2S/c17-11(18)8-7-3-16-10(12-4-14-16)9-6(1-2-19-9)15(7)5-13-8/h1-2,4-5H,3H2,(H,17,18). The largest absolute Gasteiger partial charge is 0.476 e. The van der Waals surface area contributed by atoms with Crippen LogP contribution in [0.25, 0.3) is 16.4 Å². The first-order valence-corrected chi connectivity index (χ1v) is 6.39. The molecule has 0 aromatic carbocycles. The fourth-order valence-corrected chi connectivity index (χ4v) is 3.15. The molecule has 0 fully saturated rings. The highest BCUT2D eigenvalue weighted by molar-refractivity contribution is 7.14. The zero-order chi connectivity index (χ0) is 13.0. The number of imidazole rings is 1. The monoisotopic (exact) mass is 273 g/mol. The summed E-state index contributed by atoms with van der Waals surface area (Å²) in [6.07, 6.45) is 3.02. The molecule has 7 nitrogen and oxygen atoms in total. The van der Waals surface area contributed by atoms with Crippen LogP contribution in [0.4, 0.5) is 0 Å². The van der Waals surface area contributed by atoms with Crippen molar-refractivity contribution in [3.63, 3.8) is 0 Å². The van der Waals surface area contributed by atoms with Crippen molar-refractivity contribution < 1.29 is 9.90 Å². The Kier molecular flexibility index (Phi) is 1.93. The van der Waals surface area contributed by atoms with Gasteiger partial charge >= 0.3 is 5.97 Å². The van der Waals surface area contributed by atoms with Gasteiger partial charge in [-0.05, 0) is 11.4 Å². The zero-order valence-electron chi connectivity index (χ0n) is 9.52. The molecule has 0 amide bonds. The van der Waals surface area contributed by atoms with E-state index in [1.54, 1.807) is 20.6 Å². The van der Waals surface area contributed by atoms with Gasteiger partial charge in [-0.1, -0.05) is 0 Å². The van der Waals surface area contributed by atoms with Crippen molar-refractivity contribution >= 4 is 17.3 Å². The van der Waals surface area contributed by atoms with Gasteiger partial charge in [-0.15, -0.1) is 11.3 Å². The molecule has 8 heteroatoms. The average molecular weight is 273 g/mol. The van der Waals surface area contributed by atoms with Crippen LogP contribution in [0.5, 0.6) is 0 Å². The third-order valence-electron chi connectivity index (χ3n) is 3.09. The number of nitrogens with zero attached hydrogens (tertiary/aromatic N) is 5. The lowest BCUT2D eigenvalue weighted by molar-refractivity contribution is 0.0689. The van der Waals surface area contributed by atoms with Crippen LogP contribution in [0.1, 0.15) is 16.2 Å². The van der Waals surface area contributed by atoms with Crippen molar-refractivity contribution in [1.82, 2.24) is 24.3 Å². The highest BCUT2D eigenvalue weighted by Gasteiger charge is 2.26. The zero-order valence-corrected chi connectivity index (χ0v) is 10.3. The Morgan fingerprint density at radius 2 is 2.32 bits per heavy atom. The summed E-state index contributed by atoms with van der Waals surface area (Å²) in [7, 11) is 0. The van der Waals surface area contributed by atoms with E-state index in [4.69, 9.17) is 0 Å². The van der Waals surface area contributed by atoms with Gasteiger partial charge in [-0.3, -0.25) is 4.57 Å². The van der Waals surface area contributed by atoms with E-state index in [1.807, 2.05) is 11.4 Å². The number of hydrogen-bond acceptors (Lipinski definition) is 5. The highest BCUT2D eigenvalue weighted by Crippen LogP contribution is 2.34. The second-order valence-corrected chi connectivity index (χ2v) is 5.01. The van der Waals surface area contributed by atoms with E-state index in [-0.39, 0.29) is 5.69 Å². The summed E-state index contributed by atoms with van der Waals surface area (Å²) in [4.78, 5) is 20.4. The molecule has 0 unspecified atom stereocenters. The third kappa shape index (κ3) is 1.31. The van der Waals surface area contributed by atoms with Gasteiger partial charge in [0.05, 0.1) is 22.8 Å². The lowest BCUT2D eigenvalue weighted by Gasteiger charge is -2.04. The van der Waals surface area contributed by atoms with E-state index in [0.29, 0.717) is 12.2 Å². The smallest absolute Gasteiger partial charge is 0.356 e. The molecule has 4 rings (SSSR count). The van der Waals surface area contributed by atoms with Gasteiger partial charge < -0.3 is 5.11 Å². The molecule has 0 spiro atoms. The maximum absolute atomic E-state index is 11.2. The number of carboxylic acids is 1. The van der Waals surface area contributed by atoms with E-state index in [2.05, 4.69) is 15.1 Å². The van der Waals surface area contributed by atoms with Crippen molar-refractivity contribution in [1.29, 1.82) is 0 Å². The normalized spacial score (nSPS) is 12.4. The van der Waals surface area contributed by atoms with Gasteiger partial charge in [0.25, 0.3) is 0 Å². The molecule has 3 aromatic rings. The Morgan fingerprint density at radius 1 is 1.42 bits per heavy atom. The van der Waals surface area contributed by atoms with E-state index in [0.717, 1.165) is 16.4 Å². The Balaban J connectivity index is 2.08. The number of thiophene rings is 1. The predicted molar refractivity (Wildman–Crippen MR) is 66.5 cm³/mol. The van der Waals surface area contributed by atoms with Gasteiger partial charge in [-0.2, -0.15) is 5.10 Å². The first-order valence-electron chi connectivity index (χ1n) is 5.51. The van der Waals surface area contributed by atoms with Crippen LogP contribution in [-0.2, 0) is 6.54 Å². The average Bonchev–Trinajstić information content (AvgIpc) is 3.06. The topological polar surface area (TPSA) is 85.8 Å². The van der Waals surface area contributed by atoms with Crippen molar-refractivity contribution in [2.75, 3.05) is 0 Å². The fourth-order valence-electron chi connectivity index (χ4n) is 2.27. The lowest BCUT2D eigenvalue weighted by Crippen LogP contribution is -2.10. The van der Waals surface area contributed by atoms with Crippen LogP contribution in [0.15, 0.2) is 24.1 Å². The molecular weight excluding hydrogens is 266 g/mol. The number of carbonyl (C=O) groups is 1. The van der Waals surface area contributed by atoms with Crippen molar-refractivity contribution in [3.05, 3.63) is 35.5 Å². The molecule has 1 N–H and O–H groups in total. The molecule has 0 saturated carbocycles. The SMILES string of the molecule is O=C(O)c1ncn2c1Cn1ncnc1-c1sccc1-2. The highest BCUT2D eigenvalue weighted by atomic mass is 32.1. The lowest BCUT2D eigenvalue weighted by atomic mass is 10.3. The molecule has 19 heavy (non-hydrogen) atoms. The molecule has 0 aliphatic carbocycles. The molecule has 1 aliphatic rings. The Bertz CT molecular complexity index is 800. The summed E-state index contributed by atoms with van der Waals surface area (Å²) in [6, 6.07) is 1.93. The summed E-state index contributed by atoms with van der Waals surface area (Å²) in [5.74, 6) is -0.279. The number of aromatic nitrogens is 5. The second kappa shape index (κ2) is 3.51. The molecule has 1 aliphatic heterocycles. The first-order chi connectivity index (χ1) is 9.25. The third-order valence-corrected chi connectivity index (χ3v) is 3.99. The van der Waals surface area contributed by atoms with E-state index >= 15 is 0 Å². The molecule has 0 bridgehead atoms. The molecule has 3 aromatic heterocycles. The van der Waals surface area contributed by atoms with Crippen LogP contribution < -0.4 is 0 Å². The summed E-state index contributed by atoms with van der Waals surface area (Å²) < 4.78 is 3.49. The molecule has 0 atom stereocenters. The second-order valence-electron chi connectivity index (χ2n) is 4.09. The van der Waals surface area contributed by atoms with Gasteiger partial charge in [0, 0.05) is 0 Å². The molecule has 4 heterocycles. The molecule has 0 saturated heterocycles. The maximum atomic E-state index is 11.2.